The lowest BCUT2D eigenvalue weighted by Gasteiger charge is -2.08. The molecule has 0 heterocycles. The normalized spacial score (nSPS) is 12.2. The number of carboxylic acid groups (broad SMARTS) is 1. The Bertz CT molecular complexity index is 410. The minimum atomic E-state index is -1.04. The molecule has 0 aliphatic carbocycles. The largest absolute Gasteiger partial charge is 0.478 e. The summed E-state index contributed by atoms with van der Waals surface area (Å²) >= 11 is 5.67. The minimum absolute atomic E-state index is 0.137. The van der Waals surface area contributed by atoms with Gasteiger partial charge in [0.15, 0.2) is 5.78 Å². The molecule has 0 saturated carbocycles. The molecule has 80 valence electrons. The van der Waals surface area contributed by atoms with E-state index in [4.69, 9.17) is 16.7 Å². The second kappa shape index (κ2) is 4.45. The zero-order valence-electron chi connectivity index (χ0n) is 8.45. The number of hydrogen-bond acceptors (Lipinski definition) is 2. The molecule has 0 amide bonds. The summed E-state index contributed by atoms with van der Waals surface area (Å²) in [6.07, 6.45) is 0. The molecule has 1 aromatic carbocycles. The van der Waals surface area contributed by atoms with Crippen LogP contribution in [0, 0.1) is 6.92 Å². The highest BCUT2D eigenvalue weighted by atomic mass is 35.5. The molecule has 1 rings (SSSR count). The van der Waals surface area contributed by atoms with Crippen molar-refractivity contribution in [2.75, 3.05) is 0 Å². The predicted octanol–water partition coefficient (Wildman–Crippen LogP) is 2.50. The van der Waals surface area contributed by atoms with Crippen molar-refractivity contribution in [2.24, 2.45) is 0 Å². The van der Waals surface area contributed by atoms with E-state index in [9.17, 15) is 9.59 Å². The van der Waals surface area contributed by atoms with Crippen LogP contribution in [0.5, 0.6) is 0 Å². The third-order valence-electron chi connectivity index (χ3n) is 2.19. The molecule has 0 aromatic heterocycles. The summed E-state index contributed by atoms with van der Waals surface area (Å²) in [6, 6.07) is 4.60. The Hall–Kier alpha value is -1.35. The number of aromatic carboxylic acids is 1. The van der Waals surface area contributed by atoms with E-state index < -0.39 is 11.3 Å². The number of rotatable bonds is 3. The molecular weight excluding hydrogens is 216 g/mol. The van der Waals surface area contributed by atoms with E-state index in [1.54, 1.807) is 26.0 Å². The first kappa shape index (κ1) is 11.7. The highest BCUT2D eigenvalue weighted by Gasteiger charge is 2.18. The maximum absolute atomic E-state index is 11.6. The summed E-state index contributed by atoms with van der Waals surface area (Å²) in [5, 5.41) is 8.22. The summed E-state index contributed by atoms with van der Waals surface area (Å²) < 4.78 is 0. The van der Waals surface area contributed by atoms with Crippen molar-refractivity contribution < 1.29 is 14.7 Å². The second-order valence-corrected chi connectivity index (χ2v) is 3.92. The van der Waals surface area contributed by atoms with Gasteiger partial charge in [-0.2, -0.15) is 0 Å². The van der Waals surface area contributed by atoms with Gasteiger partial charge in [-0.1, -0.05) is 12.1 Å². The maximum Gasteiger partial charge on any atom is 0.335 e. The number of carboxylic acids is 1. The smallest absolute Gasteiger partial charge is 0.335 e. The third kappa shape index (κ3) is 2.36. The number of carbonyl (C=O) groups is 2. The maximum atomic E-state index is 11.6. The standard InChI is InChI=1S/C11H11ClO3/c1-6-8(10(13)7(2)12)4-3-5-9(6)11(14)15/h3-5,7H,1-2H3,(H,14,15). The zero-order chi connectivity index (χ0) is 11.6. The summed E-state index contributed by atoms with van der Waals surface area (Å²) in [5.41, 5.74) is 0.970. The Morgan fingerprint density at radius 1 is 1.33 bits per heavy atom. The van der Waals surface area contributed by atoms with Gasteiger partial charge in [0, 0.05) is 5.56 Å². The molecule has 1 aromatic rings. The molecule has 3 nitrogen and oxygen atoms in total. The summed E-state index contributed by atoms with van der Waals surface area (Å²) in [7, 11) is 0. The molecule has 0 aliphatic rings. The number of alkyl halides is 1. The van der Waals surface area contributed by atoms with Gasteiger partial charge in [-0.25, -0.2) is 4.79 Å². The molecule has 0 spiro atoms. The first-order valence-corrected chi connectivity index (χ1v) is 4.90. The molecule has 1 unspecified atom stereocenters. The zero-order valence-corrected chi connectivity index (χ0v) is 9.21. The van der Waals surface area contributed by atoms with Crippen LogP contribution in [0.4, 0.5) is 0 Å². The Morgan fingerprint density at radius 2 is 1.87 bits per heavy atom. The first-order valence-electron chi connectivity index (χ1n) is 4.46. The number of hydrogen-bond donors (Lipinski definition) is 1. The average Bonchev–Trinajstić information content (AvgIpc) is 2.16. The number of benzene rings is 1. The third-order valence-corrected chi connectivity index (χ3v) is 2.39. The van der Waals surface area contributed by atoms with E-state index in [0.717, 1.165) is 0 Å². The predicted molar refractivity (Wildman–Crippen MR) is 57.8 cm³/mol. The van der Waals surface area contributed by atoms with Gasteiger partial charge in [-0.3, -0.25) is 4.79 Å². The Kier molecular flexibility index (Phi) is 3.48. The van der Waals surface area contributed by atoms with E-state index in [-0.39, 0.29) is 11.3 Å². The average molecular weight is 227 g/mol. The van der Waals surface area contributed by atoms with Crippen molar-refractivity contribution in [3.05, 3.63) is 34.9 Å². The van der Waals surface area contributed by atoms with Crippen LogP contribution in [0.2, 0.25) is 0 Å². The van der Waals surface area contributed by atoms with Gasteiger partial charge in [0.2, 0.25) is 0 Å². The monoisotopic (exact) mass is 226 g/mol. The molecule has 1 atom stereocenters. The minimum Gasteiger partial charge on any atom is -0.478 e. The van der Waals surface area contributed by atoms with Crippen LogP contribution in [0.25, 0.3) is 0 Å². The van der Waals surface area contributed by atoms with Crippen LogP contribution in [-0.2, 0) is 0 Å². The summed E-state index contributed by atoms with van der Waals surface area (Å²) in [6.45, 7) is 3.17. The number of Topliss-reactive ketones (excluding diaryl/α,β-unsaturated/α-hetero) is 1. The lowest BCUT2D eigenvalue weighted by Crippen LogP contribution is -2.14. The van der Waals surface area contributed by atoms with Gasteiger partial charge in [0.25, 0.3) is 0 Å². The Balaban J connectivity index is 3.27. The summed E-state index contributed by atoms with van der Waals surface area (Å²) in [5.74, 6) is -1.29. The van der Waals surface area contributed by atoms with Crippen LogP contribution in [0.1, 0.15) is 33.2 Å². The SMILES string of the molecule is Cc1c(C(=O)O)cccc1C(=O)C(C)Cl. The first-order chi connectivity index (χ1) is 6.95. The number of halogens is 1. The van der Waals surface area contributed by atoms with E-state index in [1.807, 2.05) is 0 Å². The molecule has 0 fully saturated rings. The fourth-order valence-electron chi connectivity index (χ4n) is 1.35. The van der Waals surface area contributed by atoms with Gasteiger partial charge in [-0.05, 0) is 25.5 Å². The van der Waals surface area contributed by atoms with E-state index >= 15 is 0 Å². The fraction of sp³-hybridized carbons (Fsp3) is 0.273. The van der Waals surface area contributed by atoms with Crippen molar-refractivity contribution in [1.82, 2.24) is 0 Å². The van der Waals surface area contributed by atoms with Crippen LogP contribution in [0.15, 0.2) is 18.2 Å². The summed E-state index contributed by atoms with van der Waals surface area (Å²) in [4.78, 5) is 22.4. The van der Waals surface area contributed by atoms with E-state index in [0.29, 0.717) is 11.1 Å². The van der Waals surface area contributed by atoms with E-state index in [2.05, 4.69) is 0 Å². The highest BCUT2D eigenvalue weighted by Crippen LogP contribution is 2.17. The number of ketones is 1. The number of carbonyl (C=O) groups excluding carboxylic acids is 1. The Morgan fingerprint density at radius 3 is 2.33 bits per heavy atom. The quantitative estimate of drug-likeness (QED) is 0.637. The van der Waals surface area contributed by atoms with Crippen molar-refractivity contribution in [2.45, 2.75) is 19.2 Å². The lowest BCUT2D eigenvalue weighted by molar-refractivity contribution is 0.0696. The van der Waals surface area contributed by atoms with Gasteiger partial charge in [0.05, 0.1) is 10.9 Å². The molecule has 0 aliphatic heterocycles. The molecule has 0 radical (unpaired) electrons. The van der Waals surface area contributed by atoms with Crippen LogP contribution >= 0.6 is 11.6 Å². The van der Waals surface area contributed by atoms with Crippen molar-refractivity contribution in [3.8, 4) is 0 Å². The second-order valence-electron chi connectivity index (χ2n) is 3.26. The molecule has 1 N–H and O–H groups in total. The molecular formula is C11H11ClO3. The van der Waals surface area contributed by atoms with Crippen molar-refractivity contribution >= 4 is 23.4 Å². The molecule has 0 bridgehead atoms. The molecule has 15 heavy (non-hydrogen) atoms. The van der Waals surface area contributed by atoms with E-state index in [1.165, 1.54) is 6.07 Å². The van der Waals surface area contributed by atoms with Crippen LogP contribution in [0.3, 0.4) is 0 Å². The van der Waals surface area contributed by atoms with Crippen LogP contribution < -0.4 is 0 Å². The van der Waals surface area contributed by atoms with Crippen molar-refractivity contribution in [1.29, 1.82) is 0 Å². The van der Waals surface area contributed by atoms with Crippen LogP contribution in [-0.4, -0.2) is 22.2 Å². The highest BCUT2D eigenvalue weighted by molar-refractivity contribution is 6.33. The van der Waals surface area contributed by atoms with Gasteiger partial charge >= 0.3 is 5.97 Å². The fourth-order valence-corrected chi connectivity index (χ4v) is 1.47. The molecule has 0 saturated heterocycles. The Labute approximate surface area is 92.7 Å². The van der Waals surface area contributed by atoms with Gasteiger partial charge in [0.1, 0.15) is 0 Å². The van der Waals surface area contributed by atoms with Gasteiger partial charge in [-0.15, -0.1) is 11.6 Å². The van der Waals surface area contributed by atoms with Crippen molar-refractivity contribution in [3.63, 3.8) is 0 Å². The molecule has 4 heteroatoms. The topological polar surface area (TPSA) is 54.4 Å². The van der Waals surface area contributed by atoms with Gasteiger partial charge < -0.3 is 5.11 Å². The lowest BCUT2D eigenvalue weighted by atomic mass is 9.98.